The maximum atomic E-state index is 13.4. The quantitative estimate of drug-likeness (QED) is 0.886. The number of halogens is 2. The van der Waals surface area contributed by atoms with E-state index in [1.165, 1.54) is 18.3 Å². The molecule has 0 amide bonds. The fourth-order valence-electron chi connectivity index (χ4n) is 1.67. The number of benzene rings is 1. The molecule has 0 fully saturated rings. The molecule has 1 atom stereocenters. The van der Waals surface area contributed by atoms with Crippen LogP contribution in [-0.2, 0) is 6.42 Å². The summed E-state index contributed by atoms with van der Waals surface area (Å²) in [7, 11) is 0. The minimum atomic E-state index is -0.455. The Hall–Kier alpha value is -1.81. The van der Waals surface area contributed by atoms with Gasteiger partial charge in [0.25, 0.3) is 0 Å². The van der Waals surface area contributed by atoms with Gasteiger partial charge < -0.3 is 5.73 Å². The second-order valence-corrected chi connectivity index (χ2v) is 3.83. The maximum Gasteiger partial charge on any atom is 0.146 e. The van der Waals surface area contributed by atoms with Crippen molar-refractivity contribution in [3.63, 3.8) is 0 Å². The van der Waals surface area contributed by atoms with Crippen molar-refractivity contribution in [3.05, 3.63) is 65.5 Å². The fourth-order valence-corrected chi connectivity index (χ4v) is 1.67. The molecule has 0 aliphatic carbocycles. The second-order valence-electron chi connectivity index (χ2n) is 3.83. The van der Waals surface area contributed by atoms with Crippen molar-refractivity contribution in [2.24, 2.45) is 5.73 Å². The van der Waals surface area contributed by atoms with Gasteiger partial charge in [-0.2, -0.15) is 0 Å². The molecule has 0 spiro atoms. The molecule has 2 N–H and O–H groups in total. The van der Waals surface area contributed by atoms with Crippen LogP contribution in [0.4, 0.5) is 8.78 Å². The average molecular weight is 234 g/mol. The van der Waals surface area contributed by atoms with Crippen molar-refractivity contribution >= 4 is 0 Å². The number of nitrogens with zero attached hydrogens (tertiary/aromatic N) is 1. The zero-order valence-corrected chi connectivity index (χ0v) is 9.11. The third-order valence-corrected chi connectivity index (χ3v) is 2.57. The SMILES string of the molecule is NC(Cc1ccc(F)cc1)c1ccncc1F. The van der Waals surface area contributed by atoms with Gasteiger partial charge in [0, 0.05) is 17.8 Å². The highest BCUT2D eigenvalue weighted by Gasteiger charge is 2.11. The van der Waals surface area contributed by atoms with Crippen LogP contribution in [0.2, 0.25) is 0 Å². The van der Waals surface area contributed by atoms with Gasteiger partial charge in [0.05, 0.1) is 6.20 Å². The summed E-state index contributed by atoms with van der Waals surface area (Å²) in [6.07, 6.45) is 3.10. The lowest BCUT2D eigenvalue weighted by Gasteiger charge is -2.12. The first-order chi connectivity index (χ1) is 8.16. The summed E-state index contributed by atoms with van der Waals surface area (Å²) in [5, 5.41) is 0. The Balaban J connectivity index is 2.14. The van der Waals surface area contributed by atoms with Crippen LogP contribution in [-0.4, -0.2) is 4.98 Å². The number of rotatable bonds is 3. The molecule has 0 saturated carbocycles. The van der Waals surface area contributed by atoms with Crippen LogP contribution < -0.4 is 5.73 Å². The summed E-state index contributed by atoms with van der Waals surface area (Å²) in [4.78, 5) is 3.67. The summed E-state index contributed by atoms with van der Waals surface area (Å²) in [5.41, 5.74) is 7.20. The molecular formula is C13H12F2N2. The summed E-state index contributed by atoms with van der Waals surface area (Å²) in [6, 6.07) is 7.13. The van der Waals surface area contributed by atoms with Crippen molar-refractivity contribution in [1.82, 2.24) is 4.98 Å². The van der Waals surface area contributed by atoms with Crippen molar-refractivity contribution in [2.45, 2.75) is 12.5 Å². The van der Waals surface area contributed by atoms with E-state index in [9.17, 15) is 8.78 Å². The fraction of sp³-hybridized carbons (Fsp3) is 0.154. The van der Waals surface area contributed by atoms with Crippen LogP contribution in [0.1, 0.15) is 17.2 Å². The van der Waals surface area contributed by atoms with Crippen LogP contribution in [0.5, 0.6) is 0 Å². The highest BCUT2D eigenvalue weighted by atomic mass is 19.1. The van der Waals surface area contributed by atoms with Crippen LogP contribution in [0.3, 0.4) is 0 Å². The van der Waals surface area contributed by atoms with Crippen LogP contribution in [0.15, 0.2) is 42.7 Å². The Morgan fingerprint density at radius 3 is 2.47 bits per heavy atom. The van der Waals surface area contributed by atoms with Gasteiger partial charge in [0.15, 0.2) is 0 Å². The van der Waals surface area contributed by atoms with Gasteiger partial charge in [-0.3, -0.25) is 4.98 Å². The summed E-state index contributed by atoms with van der Waals surface area (Å²) in [5.74, 6) is -0.709. The van der Waals surface area contributed by atoms with Crippen LogP contribution in [0.25, 0.3) is 0 Å². The molecule has 2 nitrogen and oxygen atoms in total. The molecule has 0 aliphatic heterocycles. The molecule has 17 heavy (non-hydrogen) atoms. The van der Waals surface area contributed by atoms with E-state index in [0.29, 0.717) is 12.0 Å². The largest absolute Gasteiger partial charge is 0.324 e. The van der Waals surface area contributed by atoms with E-state index in [0.717, 1.165) is 11.8 Å². The zero-order valence-electron chi connectivity index (χ0n) is 9.11. The number of nitrogens with two attached hydrogens (primary N) is 1. The first-order valence-corrected chi connectivity index (χ1v) is 5.26. The van der Waals surface area contributed by atoms with Gasteiger partial charge in [-0.25, -0.2) is 8.78 Å². The van der Waals surface area contributed by atoms with Gasteiger partial charge in [0.1, 0.15) is 11.6 Å². The molecule has 0 saturated heterocycles. The molecule has 2 aromatic rings. The Bertz CT molecular complexity index is 497. The summed E-state index contributed by atoms with van der Waals surface area (Å²) < 4.78 is 26.1. The van der Waals surface area contributed by atoms with Gasteiger partial charge >= 0.3 is 0 Å². The molecule has 88 valence electrons. The topological polar surface area (TPSA) is 38.9 Å². The highest BCUT2D eigenvalue weighted by Crippen LogP contribution is 2.18. The zero-order chi connectivity index (χ0) is 12.3. The molecule has 2 rings (SSSR count). The van der Waals surface area contributed by atoms with E-state index in [2.05, 4.69) is 4.98 Å². The van der Waals surface area contributed by atoms with E-state index in [1.54, 1.807) is 18.2 Å². The second kappa shape index (κ2) is 5.01. The molecule has 0 aliphatic rings. The van der Waals surface area contributed by atoms with Crippen LogP contribution >= 0.6 is 0 Å². The third kappa shape index (κ3) is 2.85. The van der Waals surface area contributed by atoms with Gasteiger partial charge in [0.2, 0.25) is 0 Å². The van der Waals surface area contributed by atoms with Crippen LogP contribution in [0, 0.1) is 11.6 Å². The van der Waals surface area contributed by atoms with E-state index >= 15 is 0 Å². The Morgan fingerprint density at radius 2 is 1.82 bits per heavy atom. The van der Waals surface area contributed by atoms with Gasteiger partial charge in [-0.05, 0) is 30.2 Å². The first kappa shape index (κ1) is 11.7. The summed E-state index contributed by atoms with van der Waals surface area (Å²) in [6.45, 7) is 0. The number of hydrogen-bond acceptors (Lipinski definition) is 2. The Kier molecular flexibility index (Phi) is 3.44. The molecule has 1 aromatic carbocycles. The minimum Gasteiger partial charge on any atom is -0.324 e. The highest BCUT2D eigenvalue weighted by molar-refractivity contribution is 5.23. The van der Waals surface area contributed by atoms with E-state index in [1.807, 2.05) is 0 Å². The normalized spacial score (nSPS) is 12.4. The van der Waals surface area contributed by atoms with E-state index < -0.39 is 11.9 Å². The molecule has 0 bridgehead atoms. The molecule has 4 heteroatoms. The predicted molar refractivity (Wildman–Crippen MR) is 61.2 cm³/mol. The van der Waals surface area contributed by atoms with E-state index in [-0.39, 0.29) is 5.82 Å². The molecule has 0 radical (unpaired) electrons. The average Bonchev–Trinajstić information content (AvgIpc) is 2.32. The first-order valence-electron chi connectivity index (χ1n) is 5.26. The number of hydrogen-bond donors (Lipinski definition) is 1. The van der Waals surface area contributed by atoms with Gasteiger partial charge in [-0.15, -0.1) is 0 Å². The minimum absolute atomic E-state index is 0.294. The molecule has 1 aromatic heterocycles. The molecular weight excluding hydrogens is 222 g/mol. The van der Waals surface area contributed by atoms with E-state index in [4.69, 9.17) is 5.73 Å². The monoisotopic (exact) mass is 234 g/mol. The number of pyridine rings is 1. The molecule has 1 unspecified atom stereocenters. The third-order valence-electron chi connectivity index (χ3n) is 2.57. The lowest BCUT2D eigenvalue weighted by Crippen LogP contribution is -2.15. The van der Waals surface area contributed by atoms with Crippen molar-refractivity contribution in [3.8, 4) is 0 Å². The Morgan fingerprint density at radius 1 is 1.12 bits per heavy atom. The van der Waals surface area contributed by atoms with Crippen molar-refractivity contribution < 1.29 is 8.78 Å². The lowest BCUT2D eigenvalue weighted by molar-refractivity contribution is 0.574. The summed E-state index contributed by atoms with van der Waals surface area (Å²) >= 11 is 0. The number of aromatic nitrogens is 1. The smallest absolute Gasteiger partial charge is 0.146 e. The van der Waals surface area contributed by atoms with Crippen molar-refractivity contribution in [2.75, 3.05) is 0 Å². The predicted octanol–water partition coefficient (Wildman–Crippen LogP) is 2.60. The standard InChI is InChI=1S/C13H12F2N2/c14-10-3-1-9(2-4-10)7-13(16)11-5-6-17-8-12(11)15/h1-6,8,13H,7,16H2. The Labute approximate surface area is 98.1 Å². The lowest BCUT2D eigenvalue weighted by atomic mass is 10.0. The maximum absolute atomic E-state index is 13.4. The molecule has 1 heterocycles. The van der Waals surface area contributed by atoms with Crippen molar-refractivity contribution in [1.29, 1.82) is 0 Å². The van der Waals surface area contributed by atoms with Gasteiger partial charge in [-0.1, -0.05) is 12.1 Å².